The van der Waals surface area contributed by atoms with Crippen molar-refractivity contribution in [1.29, 1.82) is 0 Å². The molecule has 0 saturated carbocycles. The van der Waals surface area contributed by atoms with Crippen molar-refractivity contribution in [2.45, 2.75) is 0 Å². The van der Waals surface area contributed by atoms with E-state index in [-0.39, 0.29) is 0 Å². The molecule has 8 aromatic carbocycles. The van der Waals surface area contributed by atoms with Crippen molar-refractivity contribution in [3.63, 3.8) is 0 Å². The molecule has 0 saturated heterocycles. The molecule has 5 heteroatoms. The van der Waals surface area contributed by atoms with Crippen LogP contribution in [0.15, 0.2) is 188 Å². The largest absolute Gasteiger partial charge is 0.309 e. The normalized spacial score (nSPS) is 11.6. The van der Waals surface area contributed by atoms with E-state index in [2.05, 4.69) is 160 Å². The highest BCUT2D eigenvalue weighted by atomic mass is 15.0. The van der Waals surface area contributed by atoms with Gasteiger partial charge in [0.2, 0.25) is 0 Å². The maximum absolute atomic E-state index is 7.37. The summed E-state index contributed by atoms with van der Waals surface area (Å²) in [7, 11) is 0. The topological polar surface area (TPSA) is 40.0 Å². The van der Waals surface area contributed by atoms with Crippen LogP contribution in [0.3, 0.4) is 0 Å². The van der Waals surface area contributed by atoms with Gasteiger partial charge in [-0.05, 0) is 95.6 Å². The van der Waals surface area contributed by atoms with Crippen molar-refractivity contribution >= 4 is 60.2 Å². The summed E-state index contributed by atoms with van der Waals surface area (Å²) in [4.78, 5) is 13.6. The third kappa shape index (κ3) is 5.01. The Bertz CT molecular complexity index is 3350. The minimum atomic E-state index is 0.606. The van der Waals surface area contributed by atoms with E-state index in [1.165, 1.54) is 43.7 Å². The number of rotatable bonds is 5. The Kier molecular flexibility index (Phi) is 7.16. The summed E-state index contributed by atoms with van der Waals surface area (Å²) in [5, 5.41) is 5.88. The molecule has 0 aliphatic carbocycles. The summed E-state index contributed by atoms with van der Waals surface area (Å²) in [5.74, 6) is 0.662. The predicted octanol–water partition coefficient (Wildman–Crippen LogP) is 13.4. The summed E-state index contributed by atoms with van der Waals surface area (Å²) in [6.07, 6.45) is 0. The number of fused-ring (bicyclic) bond motifs is 7. The molecule has 0 amide bonds. The molecule has 0 N–H and O–H groups in total. The third-order valence-corrected chi connectivity index (χ3v) is 10.9. The SMILES string of the molecule is [C-]#[N+]c1ccc(-c2nc(-c3ccc(-n4c5ccccc5c5cc(-c6ccc7c(c6)c6ccccc6n7-c6ccccc6)ccc54)cc3)nc3ccccc23)cc1. The number of aromatic nitrogens is 4. The first kappa shape index (κ1) is 31.7. The highest BCUT2D eigenvalue weighted by Gasteiger charge is 2.17. The summed E-state index contributed by atoms with van der Waals surface area (Å²) in [5.41, 5.74) is 13.5. The molecule has 56 heavy (non-hydrogen) atoms. The lowest BCUT2D eigenvalue weighted by molar-refractivity contribution is 1.17. The quantitative estimate of drug-likeness (QED) is 0.167. The Morgan fingerprint density at radius 1 is 0.375 bits per heavy atom. The number of nitrogens with zero attached hydrogens (tertiary/aromatic N) is 5. The molecule has 0 aliphatic rings. The van der Waals surface area contributed by atoms with E-state index >= 15 is 0 Å². The molecule has 0 aliphatic heterocycles. The zero-order chi connectivity index (χ0) is 37.2. The van der Waals surface area contributed by atoms with Gasteiger partial charge >= 0.3 is 0 Å². The number of benzene rings is 8. The minimum absolute atomic E-state index is 0.606. The second-order valence-electron chi connectivity index (χ2n) is 14.1. The molecular weight excluding hydrogens is 683 g/mol. The average molecular weight is 714 g/mol. The summed E-state index contributed by atoms with van der Waals surface area (Å²) >= 11 is 0. The van der Waals surface area contributed by atoms with Crippen LogP contribution in [-0.4, -0.2) is 19.1 Å². The van der Waals surface area contributed by atoms with Crippen LogP contribution in [0.2, 0.25) is 0 Å². The van der Waals surface area contributed by atoms with Gasteiger partial charge in [-0.15, -0.1) is 0 Å². The number of hydrogen-bond donors (Lipinski definition) is 0. The van der Waals surface area contributed by atoms with Gasteiger partial charge in [0.25, 0.3) is 0 Å². The van der Waals surface area contributed by atoms with Crippen molar-refractivity contribution in [1.82, 2.24) is 19.1 Å². The van der Waals surface area contributed by atoms with Crippen LogP contribution >= 0.6 is 0 Å². The molecule has 11 rings (SSSR count). The third-order valence-electron chi connectivity index (χ3n) is 10.9. The van der Waals surface area contributed by atoms with Gasteiger partial charge in [-0.2, -0.15) is 0 Å². The van der Waals surface area contributed by atoms with Crippen molar-refractivity contribution in [2.75, 3.05) is 0 Å². The zero-order valence-corrected chi connectivity index (χ0v) is 30.1. The predicted molar refractivity (Wildman–Crippen MR) is 231 cm³/mol. The Morgan fingerprint density at radius 3 is 1.46 bits per heavy atom. The summed E-state index contributed by atoms with van der Waals surface area (Å²) in [6.45, 7) is 7.37. The maximum atomic E-state index is 7.37. The van der Waals surface area contributed by atoms with Crippen LogP contribution in [0, 0.1) is 6.57 Å². The lowest BCUT2D eigenvalue weighted by Gasteiger charge is -2.11. The maximum Gasteiger partial charge on any atom is 0.187 e. The van der Waals surface area contributed by atoms with Crippen LogP contribution in [0.1, 0.15) is 0 Å². The van der Waals surface area contributed by atoms with Gasteiger partial charge in [-0.25, -0.2) is 14.8 Å². The smallest absolute Gasteiger partial charge is 0.187 e. The molecule has 0 radical (unpaired) electrons. The number of hydrogen-bond acceptors (Lipinski definition) is 2. The van der Waals surface area contributed by atoms with Crippen LogP contribution in [-0.2, 0) is 0 Å². The van der Waals surface area contributed by atoms with Crippen molar-refractivity contribution in [3.05, 3.63) is 199 Å². The van der Waals surface area contributed by atoms with E-state index in [0.29, 0.717) is 11.5 Å². The highest BCUT2D eigenvalue weighted by molar-refractivity contribution is 6.12. The molecule has 0 unspecified atom stereocenters. The second-order valence-corrected chi connectivity index (χ2v) is 14.1. The molecule has 0 atom stereocenters. The van der Waals surface area contributed by atoms with Gasteiger partial charge < -0.3 is 9.13 Å². The highest BCUT2D eigenvalue weighted by Crippen LogP contribution is 2.39. The minimum Gasteiger partial charge on any atom is -0.309 e. The Morgan fingerprint density at radius 2 is 0.857 bits per heavy atom. The van der Waals surface area contributed by atoms with Crippen molar-refractivity contribution < 1.29 is 0 Å². The van der Waals surface area contributed by atoms with E-state index in [4.69, 9.17) is 16.5 Å². The van der Waals surface area contributed by atoms with Crippen molar-refractivity contribution in [2.24, 2.45) is 0 Å². The molecular formula is C51H31N5. The van der Waals surface area contributed by atoms with E-state index in [1.54, 1.807) is 0 Å². The molecule has 11 aromatic rings. The van der Waals surface area contributed by atoms with Crippen LogP contribution in [0.5, 0.6) is 0 Å². The lowest BCUT2D eigenvalue weighted by Crippen LogP contribution is -1.97. The van der Waals surface area contributed by atoms with Crippen LogP contribution < -0.4 is 0 Å². The first-order valence-corrected chi connectivity index (χ1v) is 18.7. The monoisotopic (exact) mass is 713 g/mol. The molecule has 0 fully saturated rings. The van der Waals surface area contributed by atoms with Crippen LogP contribution in [0.25, 0.3) is 105 Å². The van der Waals surface area contributed by atoms with Gasteiger partial charge in [0.15, 0.2) is 11.5 Å². The summed E-state index contributed by atoms with van der Waals surface area (Å²) < 4.78 is 4.71. The average Bonchev–Trinajstić information content (AvgIpc) is 3.78. The van der Waals surface area contributed by atoms with Gasteiger partial charge in [-0.1, -0.05) is 109 Å². The molecule has 5 nitrogen and oxygen atoms in total. The molecule has 0 bridgehead atoms. The van der Waals surface area contributed by atoms with E-state index in [1.807, 2.05) is 42.5 Å². The first-order valence-electron chi connectivity index (χ1n) is 18.7. The standard InChI is InChI=1S/C51H31N5/c1-52-37-25-19-33(20-26-37)50-42-15-5-8-16-45(42)53-51(54-50)34-21-27-39(28-22-34)56-47-18-10-7-14-41(47)44-32-36(24-30-49(44)56)35-23-29-48-43(31-35)40-13-6-9-17-46(40)55(48)38-11-3-2-4-12-38/h2-32H. The second kappa shape index (κ2) is 12.7. The fourth-order valence-electron chi connectivity index (χ4n) is 8.32. The van der Waals surface area contributed by atoms with E-state index in [0.717, 1.165) is 50.1 Å². The zero-order valence-electron chi connectivity index (χ0n) is 30.1. The lowest BCUT2D eigenvalue weighted by atomic mass is 10.0. The molecule has 0 spiro atoms. The molecule has 3 aromatic heterocycles. The van der Waals surface area contributed by atoms with Gasteiger partial charge in [-0.3, -0.25) is 0 Å². The Labute approximate surface area is 322 Å². The first-order chi connectivity index (χ1) is 27.7. The van der Waals surface area contributed by atoms with Crippen molar-refractivity contribution in [3.8, 4) is 45.1 Å². The fourth-order valence-corrected chi connectivity index (χ4v) is 8.32. The van der Waals surface area contributed by atoms with E-state index in [9.17, 15) is 0 Å². The summed E-state index contributed by atoms with van der Waals surface area (Å²) in [6, 6.07) is 65.9. The molecule has 3 heterocycles. The van der Waals surface area contributed by atoms with Gasteiger partial charge in [0.1, 0.15) is 0 Å². The van der Waals surface area contributed by atoms with Gasteiger partial charge in [0.05, 0.1) is 39.8 Å². The fraction of sp³-hybridized carbons (Fsp3) is 0. The number of para-hydroxylation sites is 4. The van der Waals surface area contributed by atoms with Gasteiger partial charge in [0, 0.05) is 43.9 Å². The van der Waals surface area contributed by atoms with Crippen LogP contribution in [0.4, 0.5) is 5.69 Å². The Hall–Kier alpha value is -7.81. The van der Waals surface area contributed by atoms with E-state index < -0.39 is 0 Å². The Balaban J connectivity index is 1.01. The molecule has 260 valence electrons.